The van der Waals surface area contributed by atoms with Gasteiger partial charge in [0.2, 0.25) is 5.13 Å². The van der Waals surface area contributed by atoms with Crippen LogP contribution in [0.3, 0.4) is 0 Å². The summed E-state index contributed by atoms with van der Waals surface area (Å²) < 4.78 is 11.3. The number of pyridine rings is 2. The number of amides is 1. The Labute approximate surface area is 219 Å². The SMILES string of the molecule is CCC(C)CC1CCOC1.COc1cnc(Br)cc1-c1cc(C)ncc1C(=O)Nc1nnc(C)s1. The average Bonchev–Trinajstić information content (AvgIpc) is 3.50. The number of halogens is 1. The lowest BCUT2D eigenvalue weighted by atomic mass is 9.94. The van der Waals surface area contributed by atoms with E-state index in [1.165, 1.54) is 30.6 Å². The summed E-state index contributed by atoms with van der Waals surface area (Å²) in [5.74, 6) is 2.02. The molecule has 1 aliphatic rings. The normalized spacial score (nSPS) is 15.8. The first-order valence-corrected chi connectivity index (χ1v) is 13.3. The fourth-order valence-electron chi connectivity index (χ4n) is 3.77. The van der Waals surface area contributed by atoms with Gasteiger partial charge in [0.25, 0.3) is 5.91 Å². The number of hydrogen-bond donors (Lipinski definition) is 1. The van der Waals surface area contributed by atoms with E-state index in [9.17, 15) is 4.79 Å². The Morgan fingerprint density at radius 1 is 1.26 bits per heavy atom. The smallest absolute Gasteiger partial charge is 0.259 e. The predicted molar refractivity (Wildman–Crippen MR) is 142 cm³/mol. The summed E-state index contributed by atoms with van der Waals surface area (Å²) >= 11 is 4.67. The number of rotatable bonds is 7. The van der Waals surface area contributed by atoms with Crippen molar-refractivity contribution >= 4 is 38.3 Å². The molecule has 1 saturated heterocycles. The van der Waals surface area contributed by atoms with E-state index in [1.807, 2.05) is 19.9 Å². The third kappa shape index (κ3) is 7.78. The van der Waals surface area contributed by atoms with Crippen molar-refractivity contribution in [2.75, 3.05) is 25.6 Å². The second-order valence-corrected chi connectivity index (χ2v) is 10.6. The van der Waals surface area contributed by atoms with Gasteiger partial charge in [0.05, 0.1) is 18.9 Å². The lowest BCUT2D eigenvalue weighted by molar-refractivity contribution is 0.102. The summed E-state index contributed by atoms with van der Waals surface area (Å²) in [5, 5.41) is 11.8. The fraction of sp³-hybridized carbons (Fsp3) is 0.480. The van der Waals surface area contributed by atoms with Crippen LogP contribution < -0.4 is 10.1 Å². The van der Waals surface area contributed by atoms with Crippen LogP contribution in [0.4, 0.5) is 5.13 Å². The average molecular weight is 563 g/mol. The number of nitrogens with one attached hydrogen (secondary N) is 1. The van der Waals surface area contributed by atoms with Gasteiger partial charge in [-0.1, -0.05) is 31.6 Å². The third-order valence-electron chi connectivity index (χ3n) is 5.83. The van der Waals surface area contributed by atoms with E-state index in [4.69, 9.17) is 9.47 Å². The van der Waals surface area contributed by atoms with Crippen LogP contribution in [0.5, 0.6) is 5.75 Å². The van der Waals surface area contributed by atoms with Gasteiger partial charge in [-0.2, -0.15) is 0 Å². The molecule has 3 aromatic heterocycles. The first kappa shape index (κ1) is 27.2. The molecule has 0 saturated carbocycles. The molecule has 35 heavy (non-hydrogen) atoms. The highest BCUT2D eigenvalue weighted by Crippen LogP contribution is 2.34. The van der Waals surface area contributed by atoms with Crippen molar-refractivity contribution in [3.05, 3.63) is 45.4 Å². The van der Waals surface area contributed by atoms with Gasteiger partial charge in [0.1, 0.15) is 15.4 Å². The number of anilines is 1. The minimum Gasteiger partial charge on any atom is -0.494 e. The first-order chi connectivity index (χ1) is 16.8. The summed E-state index contributed by atoms with van der Waals surface area (Å²) in [7, 11) is 1.56. The van der Waals surface area contributed by atoms with E-state index in [2.05, 4.69) is 55.3 Å². The van der Waals surface area contributed by atoms with Gasteiger partial charge in [-0.05, 0) is 66.6 Å². The Morgan fingerprint density at radius 3 is 2.69 bits per heavy atom. The topological polar surface area (TPSA) is 99.1 Å². The van der Waals surface area contributed by atoms with E-state index in [0.29, 0.717) is 26.6 Å². The number of methoxy groups -OCH3 is 1. The van der Waals surface area contributed by atoms with E-state index in [1.54, 1.807) is 25.6 Å². The second-order valence-electron chi connectivity index (χ2n) is 8.64. The molecule has 188 valence electrons. The molecular formula is C25H32BrN5O3S. The van der Waals surface area contributed by atoms with Gasteiger partial charge in [-0.25, -0.2) is 4.98 Å². The van der Waals surface area contributed by atoms with E-state index < -0.39 is 0 Å². The monoisotopic (exact) mass is 561 g/mol. The predicted octanol–water partition coefficient (Wildman–Crippen LogP) is 6.09. The Kier molecular flexibility index (Phi) is 10.1. The molecule has 1 N–H and O–H groups in total. The van der Waals surface area contributed by atoms with Gasteiger partial charge >= 0.3 is 0 Å². The molecule has 0 bridgehead atoms. The van der Waals surface area contributed by atoms with Crippen molar-refractivity contribution in [2.45, 2.75) is 47.0 Å². The molecule has 8 nitrogen and oxygen atoms in total. The summed E-state index contributed by atoms with van der Waals surface area (Å²) in [5.41, 5.74) is 2.64. The summed E-state index contributed by atoms with van der Waals surface area (Å²) in [6.07, 6.45) is 7.13. The highest BCUT2D eigenvalue weighted by molar-refractivity contribution is 9.10. The molecule has 0 spiro atoms. The van der Waals surface area contributed by atoms with Crippen molar-refractivity contribution in [1.29, 1.82) is 0 Å². The number of hydrogen-bond acceptors (Lipinski definition) is 8. The Morgan fingerprint density at radius 2 is 2.06 bits per heavy atom. The Bertz CT molecular complexity index is 1130. The molecule has 2 atom stereocenters. The van der Waals surface area contributed by atoms with Crippen LogP contribution in [0, 0.1) is 25.7 Å². The molecular weight excluding hydrogens is 530 g/mol. The Balaban J connectivity index is 0.000000287. The lowest BCUT2D eigenvalue weighted by Crippen LogP contribution is -2.14. The highest BCUT2D eigenvalue weighted by Gasteiger charge is 2.19. The number of nitrogens with zero attached hydrogens (tertiary/aromatic N) is 4. The largest absolute Gasteiger partial charge is 0.494 e. The minimum absolute atomic E-state index is 0.311. The number of aromatic nitrogens is 4. The van der Waals surface area contributed by atoms with Crippen molar-refractivity contribution in [3.8, 4) is 16.9 Å². The fourth-order valence-corrected chi connectivity index (χ4v) is 4.69. The minimum atomic E-state index is -0.311. The van der Waals surface area contributed by atoms with Crippen molar-refractivity contribution in [1.82, 2.24) is 20.2 Å². The van der Waals surface area contributed by atoms with E-state index >= 15 is 0 Å². The van der Waals surface area contributed by atoms with Crippen LogP contribution in [0.1, 0.15) is 54.2 Å². The maximum absolute atomic E-state index is 12.7. The molecule has 0 aromatic carbocycles. The Hall–Kier alpha value is -2.43. The molecule has 1 fully saturated rings. The summed E-state index contributed by atoms with van der Waals surface area (Å²) in [4.78, 5) is 21.1. The van der Waals surface area contributed by atoms with E-state index in [0.717, 1.165) is 41.3 Å². The summed E-state index contributed by atoms with van der Waals surface area (Å²) in [6.45, 7) is 10.3. The van der Waals surface area contributed by atoms with Crippen LogP contribution in [0.25, 0.3) is 11.1 Å². The van der Waals surface area contributed by atoms with Crippen molar-refractivity contribution < 1.29 is 14.3 Å². The standard InChI is InChI=1S/C16H14BrN5O2S.C9H18O/c1-8-4-10(11-5-14(17)19-7-13(11)24-3)12(6-18-8)15(23)20-16-22-21-9(2)25-16;1-3-8(2)6-9-4-5-10-7-9/h4-7H,1-3H3,(H,20,22,23);8-9H,3-7H2,1-2H3. The van der Waals surface area contributed by atoms with Crippen LogP contribution >= 0.6 is 27.3 Å². The number of carbonyl (C=O) groups is 1. The molecule has 4 heterocycles. The molecule has 3 aromatic rings. The quantitative estimate of drug-likeness (QED) is 0.348. The van der Waals surface area contributed by atoms with Gasteiger partial charge in [0, 0.05) is 36.2 Å². The van der Waals surface area contributed by atoms with Gasteiger partial charge in [-0.15, -0.1) is 10.2 Å². The second kappa shape index (κ2) is 13.0. The number of aryl methyl sites for hydroxylation is 2. The van der Waals surface area contributed by atoms with Gasteiger partial charge < -0.3 is 9.47 Å². The van der Waals surface area contributed by atoms with Gasteiger partial charge in [0.15, 0.2) is 0 Å². The van der Waals surface area contributed by atoms with Crippen LogP contribution in [-0.4, -0.2) is 46.4 Å². The molecule has 0 radical (unpaired) electrons. The molecule has 1 amide bonds. The number of ether oxygens (including phenoxy) is 2. The van der Waals surface area contributed by atoms with Crippen molar-refractivity contribution in [2.24, 2.45) is 11.8 Å². The molecule has 4 rings (SSSR count). The van der Waals surface area contributed by atoms with Crippen LogP contribution in [0.2, 0.25) is 0 Å². The van der Waals surface area contributed by atoms with E-state index in [-0.39, 0.29) is 5.91 Å². The zero-order valence-electron chi connectivity index (χ0n) is 20.8. The third-order valence-corrected chi connectivity index (χ3v) is 7.02. The summed E-state index contributed by atoms with van der Waals surface area (Å²) in [6, 6.07) is 3.64. The van der Waals surface area contributed by atoms with Crippen molar-refractivity contribution in [3.63, 3.8) is 0 Å². The zero-order chi connectivity index (χ0) is 25.4. The maximum Gasteiger partial charge on any atom is 0.259 e. The molecule has 2 unspecified atom stereocenters. The highest BCUT2D eigenvalue weighted by atomic mass is 79.9. The number of carbonyl (C=O) groups excluding carboxylic acids is 1. The maximum atomic E-state index is 12.7. The zero-order valence-corrected chi connectivity index (χ0v) is 23.2. The lowest BCUT2D eigenvalue weighted by Gasteiger charge is -2.13. The molecule has 0 aliphatic carbocycles. The van der Waals surface area contributed by atoms with Crippen LogP contribution in [0.15, 0.2) is 29.1 Å². The van der Waals surface area contributed by atoms with Gasteiger partial charge in [-0.3, -0.25) is 15.1 Å². The molecule has 10 heteroatoms. The molecule has 1 aliphatic heterocycles. The van der Waals surface area contributed by atoms with Crippen LogP contribution in [-0.2, 0) is 4.74 Å². The first-order valence-electron chi connectivity index (χ1n) is 11.7.